The second kappa shape index (κ2) is 15.4. The van der Waals surface area contributed by atoms with Crippen molar-refractivity contribution in [1.82, 2.24) is 0 Å². The molecule has 1 nitrogen and oxygen atoms in total. The third kappa shape index (κ3) is 7.25. The number of hydrogen-bond donors (Lipinski definition) is 0. The van der Waals surface area contributed by atoms with Gasteiger partial charge < -0.3 is 4.90 Å². The van der Waals surface area contributed by atoms with Crippen LogP contribution in [0.1, 0.15) is 0 Å². The van der Waals surface area contributed by atoms with Crippen LogP contribution in [0.3, 0.4) is 0 Å². The van der Waals surface area contributed by atoms with E-state index in [0.717, 1.165) is 17.1 Å². The number of hydrogen-bond acceptors (Lipinski definition) is 1. The average Bonchev–Trinajstić information content (AvgIpc) is 3.28. The zero-order chi connectivity index (χ0) is 36.8. The third-order valence-corrected chi connectivity index (χ3v) is 10.3. The molecule has 9 aromatic rings. The van der Waals surface area contributed by atoms with Gasteiger partial charge >= 0.3 is 0 Å². The minimum absolute atomic E-state index is 1.09. The topological polar surface area (TPSA) is 3.24 Å². The molecule has 0 spiro atoms. The van der Waals surface area contributed by atoms with Gasteiger partial charge in [0.05, 0.1) is 5.69 Å². The lowest BCUT2D eigenvalue weighted by Gasteiger charge is -2.29. The van der Waals surface area contributed by atoms with Crippen LogP contribution in [-0.4, -0.2) is 0 Å². The zero-order valence-electron chi connectivity index (χ0n) is 30.5. The maximum absolute atomic E-state index is 2.40. The van der Waals surface area contributed by atoms with Gasteiger partial charge in [-0.05, 0) is 91.5 Å². The molecule has 0 atom stereocenters. The fourth-order valence-electron chi connectivity index (χ4n) is 7.39. The summed E-state index contributed by atoms with van der Waals surface area (Å²) in [6, 6.07) is 85.0. The van der Waals surface area contributed by atoms with E-state index in [4.69, 9.17) is 0 Å². The number of nitrogens with zero attached hydrogens (tertiary/aromatic N) is 1. The largest absolute Gasteiger partial charge is 0.310 e. The van der Waals surface area contributed by atoms with Gasteiger partial charge in [-0.15, -0.1) is 0 Å². The molecule has 0 saturated heterocycles. The molecular formula is C54H39N. The SMILES string of the molecule is c1ccc(-c2ccc(-c3ccc(N(c4ccc(-c5ccc(-c6ccccc6)cc5)cc4)c4cc(-c5ccccc5)ccc4-c4ccccc4)cc3)cc2)cc1. The molecule has 0 N–H and O–H groups in total. The van der Waals surface area contributed by atoms with Crippen molar-refractivity contribution in [2.45, 2.75) is 0 Å². The van der Waals surface area contributed by atoms with E-state index >= 15 is 0 Å². The quantitative estimate of drug-likeness (QED) is 0.145. The Morgan fingerprint density at radius 2 is 0.455 bits per heavy atom. The Balaban J connectivity index is 1.13. The van der Waals surface area contributed by atoms with Crippen molar-refractivity contribution < 1.29 is 0 Å². The van der Waals surface area contributed by atoms with Crippen LogP contribution in [0.15, 0.2) is 237 Å². The Labute approximate surface area is 324 Å². The predicted octanol–water partition coefficient (Wildman–Crippen LogP) is 15.2. The number of anilines is 3. The molecule has 0 unspecified atom stereocenters. The molecule has 0 aliphatic heterocycles. The first-order valence-corrected chi connectivity index (χ1v) is 18.8. The maximum Gasteiger partial charge on any atom is 0.0546 e. The van der Waals surface area contributed by atoms with Crippen molar-refractivity contribution in [3.63, 3.8) is 0 Å². The summed E-state index contributed by atoms with van der Waals surface area (Å²) in [4.78, 5) is 2.40. The highest BCUT2D eigenvalue weighted by Crippen LogP contribution is 2.44. The molecule has 9 aromatic carbocycles. The normalized spacial score (nSPS) is 10.9. The van der Waals surface area contributed by atoms with Crippen molar-refractivity contribution in [3.05, 3.63) is 237 Å². The molecule has 0 radical (unpaired) electrons. The summed E-state index contributed by atoms with van der Waals surface area (Å²) < 4.78 is 0. The molecule has 0 aliphatic carbocycles. The van der Waals surface area contributed by atoms with Crippen molar-refractivity contribution in [3.8, 4) is 66.8 Å². The first kappa shape index (κ1) is 33.6. The molecule has 9 rings (SSSR count). The molecule has 0 heterocycles. The van der Waals surface area contributed by atoms with Gasteiger partial charge in [0.2, 0.25) is 0 Å². The van der Waals surface area contributed by atoms with Gasteiger partial charge in [-0.3, -0.25) is 0 Å². The van der Waals surface area contributed by atoms with E-state index in [1.807, 2.05) is 0 Å². The number of benzene rings is 9. The van der Waals surface area contributed by atoms with Gasteiger partial charge in [0.1, 0.15) is 0 Å². The molecule has 0 aromatic heterocycles. The Morgan fingerprint density at radius 1 is 0.200 bits per heavy atom. The minimum atomic E-state index is 1.09. The van der Waals surface area contributed by atoms with Crippen LogP contribution in [0.5, 0.6) is 0 Å². The second-order valence-electron chi connectivity index (χ2n) is 13.8. The van der Waals surface area contributed by atoms with Crippen molar-refractivity contribution in [2.24, 2.45) is 0 Å². The Morgan fingerprint density at radius 3 is 0.800 bits per heavy atom. The van der Waals surface area contributed by atoms with Gasteiger partial charge in [0.15, 0.2) is 0 Å². The van der Waals surface area contributed by atoms with E-state index in [-0.39, 0.29) is 0 Å². The summed E-state index contributed by atoms with van der Waals surface area (Å²) in [6.45, 7) is 0. The summed E-state index contributed by atoms with van der Waals surface area (Å²) in [6.07, 6.45) is 0. The van der Waals surface area contributed by atoms with Crippen LogP contribution >= 0.6 is 0 Å². The second-order valence-corrected chi connectivity index (χ2v) is 13.8. The van der Waals surface area contributed by atoms with Crippen LogP contribution in [0.2, 0.25) is 0 Å². The molecule has 0 aliphatic rings. The fraction of sp³-hybridized carbons (Fsp3) is 0. The van der Waals surface area contributed by atoms with Gasteiger partial charge in [-0.2, -0.15) is 0 Å². The molecule has 1 heteroatoms. The van der Waals surface area contributed by atoms with Crippen LogP contribution in [-0.2, 0) is 0 Å². The lowest BCUT2D eigenvalue weighted by molar-refractivity contribution is 1.28. The Hall–Kier alpha value is -7.22. The van der Waals surface area contributed by atoms with Gasteiger partial charge in [0.25, 0.3) is 0 Å². The molecule has 55 heavy (non-hydrogen) atoms. The molecular weight excluding hydrogens is 663 g/mol. The lowest BCUT2D eigenvalue weighted by atomic mass is 9.96. The fourth-order valence-corrected chi connectivity index (χ4v) is 7.39. The molecule has 0 amide bonds. The van der Waals surface area contributed by atoms with Gasteiger partial charge in [-0.25, -0.2) is 0 Å². The summed E-state index contributed by atoms with van der Waals surface area (Å²) in [5, 5.41) is 0. The molecule has 260 valence electrons. The van der Waals surface area contributed by atoms with E-state index in [0.29, 0.717) is 0 Å². The standard InChI is InChI=1S/C54H39N/c1-5-13-40(14-6-1)43-21-25-45(26-22-43)47-29-34-51(35-30-47)55(52-36-31-48(32-37-52)46-27-23-44(24-28-46)41-15-7-2-8-16-41)54-39-50(42-17-9-3-10-18-42)33-38-53(54)49-19-11-4-12-20-49/h1-39H. The van der Waals surface area contributed by atoms with Gasteiger partial charge in [0, 0.05) is 16.9 Å². The van der Waals surface area contributed by atoms with E-state index in [2.05, 4.69) is 241 Å². The van der Waals surface area contributed by atoms with Crippen LogP contribution in [0, 0.1) is 0 Å². The highest BCUT2D eigenvalue weighted by atomic mass is 15.1. The monoisotopic (exact) mass is 701 g/mol. The van der Waals surface area contributed by atoms with Crippen molar-refractivity contribution >= 4 is 17.1 Å². The van der Waals surface area contributed by atoms with E-state index < -0.39 is 0 Å². The molecule has 0 bridgehead atoms. The lowest BCUT2D eigenvalue weighted by Crippen LogP contribution is -2.11. The van der Waals surface area contributed by atoms with E-state index in [9.17, 15) is 0 Å². The van der Waals surface area contributed by atoms with Crippen LogP contribution in [0.25, 0.3) is 66.8 Å². The summed E-state index contributed by atoms with van der Waals surface area (Å²) in [5.41, 5.74) is 17.6. The Kier molecular flexibility index (Phi) is 9.41. The molecule has 0 fully saturated rings. The van der Waals surface area contributed by atoms with Crippen molar-refractivity contribution in [2.75, 3.05) is 4.90 Å². The first-order chi connectivity index (χ1) is 27.3. The highest BCUT2D eigenvalue weighted by Gasteiger charge is 2.19. The summed E-state index contributed by atoms with van der Waals surface area (Å²) in [5.74, 6) is 0. The van der Waals surface area contributed by atoms with E-state index in [1.165, 1.54) is 66.8 Å². The van der Waals surface area contributed by atoms with E-state index in [1.54, 1.807) is 0 Å². The van der Waals surface area contributed by atoms with Gasteiger partial charge in [-0.1, -0.05) is 206 Å². The highest BCUT2D eigenvalue weighted by molar-refractivity contribution is 5.91. The average molecular weight is 702 g/mol. The third-order valence-electron chi connectivity index (χ3n) is 10.3. The molecule has 0 saturated carbocycles. The zero-order valence-corrected chi connectivity index (χ0v) is 30.5. The summed E-state index contributed by atoms with van der Waals surface area (Å²) >= 11 is 0. The predicted molar refractivity (Wildman–Crippen MR) is 234 cm³/mol. The number of rotatable bonds is 9. The van der Waals surface area contributed by atoms with Crippen LogP contribution < -0.4 is 4.90 Å². The van der Waals surface area contributed by atoms with Crippen LogP contribution in [0.4, 0.5) is 17.1 Å². The minimum Gasteiger partial charge on any atom is -0.310 e. The first-order valence-electron chi connectivity index (χ1n) is 18.8. The Bertz CT molecular complexity index is 2490. The smallest absolute Gasteiger partial charge is 0.0546 e. The maximum atomic E-state index is 2.40. The summed E-state index contributed by atoms with van der Waals surface area (Å²) in [7, 11) is 0. The van der Waals surface area contributed by atoms with Crippen molar-refractivity contribution in [1.29, 1.82) is 0 Å².